The van der Waals surface area contributed by atoms with Crippen LogP contribution >= 0.6 is 0 Å². The van der Waals surface area contributed by atoms with Crippen LogP contribution in [0, 0.1) is 0 Å². The van der Waals surface area contributed by atoms with Crippen LogP contribution in [0.1, 0.15) is 19.3 Å². The molecule has 2 fully saturated rings. The molecule has 2 heterocycles. The molecule has 3 rings (SSSR count). The monoisotopic (exact) mass is 263 g/mol. The lowest BCUT2D eigenvalue weighted by atomic mass is 9.89. The zero-order chi connectivity index (χ0) is 13.3. The van der Waals surface area contributed by atoms with Gasteiger partial charge in [0.15, 0.2) is 0 Å². The molecule has 5 nitrogen and oxygen atoms in total. The van der Waals surface area contributed by atoms with E-state index >= 15 is 0 Å². The van der Waals surface area contributed by atoms with E-state index in [1.807, 2.05) is 0 Å². The number of nitrogens with zero attached hydrogens (tertiary/aromatic N) is 1. The van der Waals surface area contributed by atoms with Gasteiger partial charge in [-0.15, -0.1) is 0 Å². The molecule has 0 bridgehead atoms. The summed E-state index contributed by atoms with van der Waals surface area (Å²) in [5.41, 5.74) is 0.424. The molecular formula is C14H17NO4. The van der Waals surface area contributed by atoms with Gasteiger partial charge < -0.3 is 14.6 Å². The normalized spacial score (nSPS) is 22.3. The highest BCUT2D eigenvalue weighted by Gasteiger charge is 2.42. The standard InChI is InChI=1S/C14H17NO4/c16-12-3-1-11(2-4-12)15-8-5-14(19-13(15)17)6-9-18-10-7-14/h1-4,16H,5-10H2. The van der Waals surface area contributed by atoms with Gasteiger partial charge in [-0.3, -0.25) is 4.90 Å². The van der Waals surface area contributed by atoms with Crippen molar-refractivity contribution in [3.8, 4) is 5.75 Å². The molecule has 19 heavy (non-hydrogen) atoms. The Kier molecular flexibility index (Phi) is 3.06. The number of rotatable bonds is 1. The minimum Gasteiger partial charge on any atom is -0.508 e. The van der Waals surface area contributed by atoms with Crippen molar-refractivity contribution in [2.75, 3.05) is 24.7 Å². The van der Waals surface area contributed by atoms with Crippen molar-refractivity contribution in [1.29, 1.82) is 0 Å². The van der Waals surface area contributed by atoms with Gasteiger partial charge in [-0.25, -0.2) is 4.79 Å². The first-order valence-corrected chi connectivity index (χ1v) is 6.56. The van der Waals surface area contributed by atoms with Crippen LogP contribution in [-0.4, -0.2) is 36.6 Å². The first kappa shape index (κ1) is 12.3. The molecule has 0 aromatic heterocycles. The van der Waals surface area contributed by atoms with Crippen LogP contribution in [0.3, 0.4) is 0 Å². The predicted octanol–water partition coefficient (Wildman–Crippen LogP) is 2.29. The van der Waals surface area contributed by atoms with Gasteiger partial charge in [0.1, 0.15) is 11.4 Å². The quantitative estimate of drug-likeness (QED) is 0.844. The summed E-state index contributed by atoms with van der Waals surface area (Å²) >= 11 is 0. The van der Waals surface area contributed by atoms with Crippen LogP contribution in [-0.2, 0) is 9.47 Å². The number of aromatic hydroxyl groups is 1. The number of hydrogen-bond donors (Lipinski definition) is 1. The number of anilines is 1. The lowest BCUT2D eigenvalue weighted by Crippen LogP contribution is -2.52. The third kappa shape index (κ3) is 2.38. The molecule has 0 radical (unpaired) electrons. The minimum atomic E-state index is -0.331. The number of phenols is 1. The maximum Gasteiger partial charge on any atom is 0.414 e. The molecule has 0 atom stereocenters. The van der Waals surface area contributed by atoms with Crippen molar-refractivity contribution < 1.29 is 19.4 Å². The molecule has 2 aliphatic heterocycles. The zero-order valence-corrected chi connectivity index (χ0v) is 10.7. The van der Waals surface area contributed by atoms with Crippen LogP contribution in [0.4, 0.5) is 10.5 Å². The fourth-order valence-electron chi connectivity index (χ4n) is 2.66. The summed E-state index contributed by atoms with van der Waals surface area (Å²) < 4.78 is 11.0. The van der Waals surface area contributed by atoms with E-state index in [2.05, 4.69) is 0 Å². The van der Waals surface area contributed by atoms with E-state index < -0.39 is 0 Å². The summed E-state index contributed by atoms with van der Waals surface area (Å²) in [5.74, 6) is 0.190. The Hall–Kier alpha value is -1.75. The Morgan fingerprint density at radius 3 is 2.42 bits per heavy atom. The Balaban J connectivity index is 1.74. The van der Waals surface area contributed by atoms with Gasteiger partial charge in [-0.2, -0.15) is 0 Å². The summed E-state index contributed by atoms with van der Waals surface area (Å²) in [5, 5.41) is 9.27. The minimum absolute atomic E-state index is 0.190. The van der Waals surface area contributed by atoms with E-state index in [1.54, 1.807) is 29.2 Å². The van der Waals surface area contributed by atoms with Crippen molar-refractivity contribution in [3.63, 3.8) is 0 Å². The van der Waals surface area contributed by atoms with Gasteiger partial charge >= 0.3 is 6.09 Å². The number of hydrogen-bond acceptors (Lipinski definition) is 4. The van der Waals surface area contributed by atoms with Crippen LogP contribution in [0.15, 0.2) is 24.3 Å². The second-order valence-electron chi connectivity index (χ2n) is 5.08. The first-order valence-electron chi connectivity index (χ1n) is 6.56. The van der Waals surface area contributed by atoms with E-state index in [0.717, 1.165) is 24.9 Å². The number of carbonyl (C=O) groups is 1. The molecule has 1 aromatic rings. The van der Waals surface area contributed by atoms with Crippen LogP contribution in [0.25, 0.3) is 0 Å². The van der Waals surface area contributed by atoms with Crippen LogP contribution in [0.5, 0.6) is 5.75 Å². The zero-order valence-electron chi connectivity index (χ0n) is 10.7. The number of benzene rings is 1. The summed E-state index contributed by atoms with van der Waals surface area (Å²) in [6, 6.07) is 6.58. The Morgan fingerprint density at radius 1 is 1.11 bits per heavy atom. The molecule has 1 spiro atoms. The third-order valence-corrected chi connectivity index (χ3v) is 3.88. The molecule has 2 saturated heterocycles. The highest BCUT2D eigenvalue weighted by Crippen LogP contribution is 2.35. The van der Waals surface area contributed by atoms with Crippen LogP contribution in [0.2, 0.25) is 0 Å². The van der Waals surface area contributed by atoms with Crippen molar-refractivity contribution in [2.45, 2.75) is 24.9 Å². The smallest absolute Gasteiger partial charge is 0.414 e. The topological polar surface area (TPSA) is 59.0 Å². The van der Waals surface area contributed by atoms with Gasteiger partial charge in [-0.1, -0.05) is 0 Å². The summed E-state index contributed by atoms with van der Waals surface area (Å²) in [6.07, 6.45) is 2.08. The average Bonchev–Trinajstić information content (AvgIpc) is 2.41. The SMILES string of the molecule is O=C1OC2(CCOCC2)CCN1c1ccc(O)cc1. The fourth-order valence-corrected chi connectivity index (χ4v) is 2.66. The number of ether oxygens (including phenoxy) is 2. The van der Waals surface area contributed by atoms with Gasteiger partial charge in [0.25, 0.3) is 0 Å². The van der Waals surface area contributed by atoms with Gasteiger partial charge in [0, 0.05) is 31.5 Å². The van der Waals surface area contributed by atoms with Gasteiger partial charge in [0.05, 0.1) is 13.2 Å². The summed E-state index contributed by atoms with van der Waals surface area (Å²) in [4.78, 5) is 13.8. The van der Waals surface area contributed by atoms with Crippen molar-refractivity contribution in [2.24, 2.45) is 0 Å². The predicted molar refractivity (Wildman–Crippen MR) is 69.3 cm³/mol. The third-order valence-electron chi connectivity index (χ3n) is 3.88. The molecular weight excluding hydrogens is 246 g/mol. The van der Waals surface area contributed by atoms with E-state index in [9.17, 15) is 9.90 Å². The maximum atomic E-state index is 12.2. The number of amides is 1. The van der Waals surface area contributed by atoms with E-state index in [1.165, 1.54) is 0 Å². The second-order valence-corrected chi connectivity index (χ2v) is 5.08. The lowest BCUT2D eigenvalue weighted by molar-refractivity contribution is -0.0805. The molecule has 0 aliphatic carbocycles. The van der Waals surface area contributed by atoms with Crippen LogP contribution < -0.4 is 4.90 Å². The maximum absolute atomic E-state index is 12.2. The number of phenolic OH excluding ortho intramolecular Hbond substituents is 1. The molecule has 0 saturated carbocycles. The molecule has 1 aromatic carbocycles. The summed E-state index contributed by atoms with van der Waals surface area (Å²) in [6.45, 7) is 1.96. The average molecular weight is 263 g/mol. The van der Waals surface area contributed by atoms with E-state index in [4.69, 9.17) is 9.47 Å². The highest BCUT2D eigenvalue weighted by molar-refractivity contribution is 5.88. The van der Waals surface area contributed by atoms with E-state index in [-0.39, 0.29) is 17.4 Å². The molecule has 1 N–H and O–H groups in total. The molecule has 0 unspecified atom stereocenters. The van der Waals surface area contributed by atoms with Crippen molar-refractivity contribution in [1.82, 2.24) is 0 Å². The van der Waals surface area contributed by atoms with Crippen molar-refractivity contribution >= 4 is 11.8 Å². The van der Waals surface area contributed by atoms with Gasteiger partial charge in [-0.05, 0) is 24.3 Å². The first-order chi connectivity index (χ1) is 9.19. The summed E-state index contributed by atoms with van der Waals surface area (Å²) in [7, 11) is 0. The largest absolute Gasteiger partial charge is 0.508 e. The van der Waals surface area contributed by atoms with E-state index in [0.29, 0.717) is 19.8 Å². The molecule has 1 amide bonds. The molecule has 2 aliphatic rings. The Morgan fingerprint density at radius 2 is 1.79 bits per heavy atom. The highest BCUT2D eigenvalue weighted by atomic mass is 16.6. The van der Waals surface area contributed by atoms with Gasteiger partial charge in [0.2, 0.25) is 0 Å². The second kappa shape index (κ2) is 4.74. The molecule has 5 heteroatoms. The van der Waals surface area contributed by atoms with Crippen molar-refractivity contribution in [3.05, 3.63) is 24.3 Å². The lowest BCUT2D eigenvalue weighted by Gasteiger charge is -2.43. The Bertz CT molecular complexity index is 465. The molecule has 102 valence electrons. The number of carbonyl (C=O) groups excluding carboxylic acids is 1. The Labute approximate surface area is 111 Å². The fraction of sp³-hybridized carbons (Fsp3) is 0.500.